The Hall–Kier alpha value is -2.01. The molecule has 0 rings (SSSR count). The molecule has 0 bridgehead atoms. The van der Waals surface area contributed by atoms with Crippen molar-refractivity contribution in [1.29, 1.82) is 0 Å². The fourth-order valence-electron chi connectivity index (χ4n) is 1.29. The SMILES string of the molecule is C=C(C)C(=O)OCC(COOCCCC(=O)O)OOCCCC(=O)O. The molecular weight excluding hydrogens is 340 g/mol. The normalized spacial score (nSPS) is 11.7. The first-order chi connectivity index (χ1) is 11.8. The number of esters is 1. The lowest BCUT2D eigenvalue weighted by molar-refractivity contribution is -0.369. The van der Waals surface area contributed by atoms with Crippen molar-refractivity contribution in [3.8, 4) is 0 Å². The van der Waals surface area contributed by atoms with Gasteiger partial charge in [0.1, 0.15) is 13.2 Å². The maximum atomic E-state index is 11.4. The van der Waals surface area contributed by atoms with Crippen molar-refractivity contribution < 1.29 is 48.9 Å². The average Bonchev–Trinajstić information content (AvgIpc) is 2.53. The van der Waals surface area contributed by atoms with E-state index in [1.54, 1.807) is 0 Å². The summed E-state index contributed by atoms with van der Waals surface area (Å²) in [4.78, 5) is 51.6. The number of carbonyl (C=O) groups is 3. The van der Waals surface area contributed by atoms with Gasteiger partial charge in [-0.25, -0.2) is 24.3 Å². The van der Waals surface area contributed by atoms with E-state index >= 15 is 0 Å². The molecule has 0 aromatic carbocycles. The molecule has 0 saturated carbocycles. The second-order valence-corrected chi connectivity index (χ2v) is 5.02. The molecule has 144 valence electrons. The van der Waals surface area contributed by atoms with Crippen LogP contribution in [-0.4, -0.2) is 60.7 Å². The molecule has 0 spiro atoms. The highest BCUT2D eigenvalue weighted by Gasteiger charge is 2.16. The van der Waals surface area contributed by atoms with Gasteiger partial charge in [-0.15, -0.1) is 0 Å². The minimum atomic E-state index is -0.950. The highest BCUT2D eigenvalue weighted by molar-refractivity contribution is 5.86. The molecule has 0 aliphatic carbocycles. The smallest absolute Gasteiger partial charge is 0.333 e. The Morgan fingerprint density at radius 3 is 2.00 bits per heavy atom. The van der Waals surface area contributed by atoms with Gasteiger partial charge in [0.05, 0.1) is 13.2 Å². The van der Waals surface area contributed by atoms with Crippen LogP contribution in [0.5, 0.6) is 0 Å². The molecule has 0 saturated heterocycles. The van der Waals surface area contributed by atoms with Crippen LogP contribution in [0.15, 0.2) is 12.2 Å². The Morgan fingerprint density at radius 1 is 0.920 bits per heavy atom. The van der Waals surface area contributed by atoms with Crippen LogP contribution in [0.3, 0.4) is 0 Å². The summed E-state index contributed by atoms with van der Waals surface area (Å²) in [5.74, 6) is -2.50. The number of hydrogen-bond acceptors (Lipinski definition) is 8. The fraction of sp³-hybridized carbons (Fsp3) is 0.667. The van der Waals surface area contributed by atoms with Gasteiger partial charge in [-0.05, 0) is 19.8 Å². The van der Waals surface area contributed by atoms with Gasteiger partial charge in [-0.2, -0.15) is 0 Å². The summed E-state index contributed by atoms with van der Waals surface area (Å²) in [6, 6.07) is 0. The summed E-state index contributed by atoms with van der Waals surface area (Å²) in [6.07, 6.45) is -0.404. The molecule has 0 aromatic rings. The van der Waals surface area contributed by atoms with Crippen LogP contribution in [0.4, 0.5) is 0 Å². The van der Waals surface area contributed by atoms with E-state index in [4.69, 9.17) is 34.5 Å². The first kappa shape index (κ1) is 23.0. The van der Waals surface area contributed by atoms with E-state index in [1.807, 2.05) is 0 Å². The van der Waals surface area contributed by atoms with Crippen LogP contribution >= 0.6 is 0 Å². The van der Waals surface area contributed by atoms with Gasteiger partial charge >= 0.3 is 17.9 Å². The van der Waals surface area contributed by atoms with Crippen LogP contribution < -0.4 is 0 Å². The van der Waals surface area contributed by atoms with Crippen LogP contribution in [0.2, 0.25) is 0 Å². The van der Waals surface area contributed by atoms with Gasteiger partial charge in [-0.1, -0.05) is 6.58 Å². The lowest BCUT2D eigenvalue weighted by Gasteiger charge is -2.16. The van der Waals surface area contributed by atoms with E-state index in [0.29, 0.717) is 0 Å². The quantitative estimate of drug-likeness (QED) is 0.135. The summed E-state index contributed by atoms with van der Waals surface area (Å²) in [5.41, 5.74) is 0.215. The highest BCUT2D eigenvalue weighted by Crippen LogP contribution is 2.02. The molecular formula is C15H24O10. The summed E-state index contributed by atoms with van der Waals surface area (Å²) < 4.78 is 4.92. The molecule has 1 atom stereocenters. The predicted molar refractivity (Wildman–Crippen MR) is 82.2 cm³/mol. The molecule has 25 heavy (non-hydrogen) atoms. The van der Waals surface area contributed by atoms with Crippen LogP contribution in [0, 0.1) is 0 Å². The molecule has 2 N–H and O–H groups in total. The Bertz CT molecular complexity index is 434. The van der Waals surface area contributed by atoms with E-state index in [2.05, 4.69) is 6.58 Å². The fourth-order valence-corrected chi connectivity index (χ4v) is 1.29. The Labute approximate surface area is 145 Å². The Morgan fingerprint density at radius 2 is 1.48 bits per heavy atom. The molecule has 0 fully saturated rings. The first-order valence-corrected chi connectivity index (χ1v) is 7.61. The molecule has 0 radical (unpaired) electrons. The van der Waals surface area contributed by atoms with Crippen LogP contribution in [0.1, 0.15) is 32.6 Å². The van der Waals surface area contributed by atoms with E-state index in [9.17, 15) is 14.4 Å². The molecule has 0 aromatic heterocycles. The third-order valence-electron chi connectivity index (χ3n) is 2.53. The molecule has 10 heteroatoms. The minimum absolute atomic E-state index is 0.0384. The van der Waals surface area contributed by atoms with Crippen molar-refractivity contribution in [2.75, 3.05) is 26.4 Å². The van der Waals surface area contributed by atoms with Gasteiger partial charge in [0, 0.05) is 18.4 Å². The standard InChI is InChI=1S/C15H24O10/c1-11(2)15(20)21-9-12(25-23-8-4-6-14(18)19)10-24-22-7-3-5-13(16)17/h12H,1,3-10H2,2H3,(H,16,17)(H,18,19). The Balaban J connectivity index is 4.05. The second kappa shape index (κ2) is 14.3. The highest BCUT2D eigenvalue weighted by atomic mass is 17.2. The van der Waals surface area contributed by atoms with Crippen LogP contribution in [-0.2, 0) is 38.7 Å². The molecule has 1 unspecified atom stereocenters. The topological polar surface area (TPSA) is 138 Å². The van der Waals surface area contributed by atoms with Gasteiger partial charge in [0.15, 0.2) is 6.10 Å². The monoisotopic (exact) mass is 364 g/mol. The van der Waals surface area contributed by atoms with Gasteiger partial charge in [-0.3, -0.25) is 9.59 Å². The zero-order chi connectivity index (χ0) is 19.1. The minimum Gasteiger partial charge on any atom is -0.481 e. The van der Waals surface area contributed by atoms with Crippen molar-refractivity contribution in [1.82, 2.24) is 0 Å². The first-order valence-electron chi connectivity index (χ1n) is 7.61. The van der Waals surface area contributed by atoms with E-state index < -0.39 is 24.0 Å². The van der Waals surface area contributed by atoms with Gasteiger partial charge in [0.2, 0.25) is 0 Å². The van der Waals surface area contributed by atoms with Crippen LogP contribution in [0.25, 0.3) is 0 Å². The lowest BCUT2D eigenvalue weighted by Crippen LogP contribution is -2.28. The molecule has 10 nitrogen and oxygen atoms in total. The van der Waals surface area contributed by atoms with Gasteiger partial charge < -0.3 is 14.9 Å². The number of rotatable bonds is 16. The number of carboxylic acid groups (broad SMARTS) is 2. The van der Waals surface area contributed by atoms with Gasteiger partial charge in [0.25, 0.3) is 0 Å². The van der Waals surface area contributed by atoms with E-state index in [-0.39, 0.29) is 57.7 Å². The maximum Gasteiger partial charge on any atom is 0.333 e. The van der Waals surface area contributed by atoms with Crippen molar-refractivity contribution in [3.63, 3.8) is 0 Å². The summed E-state index contributed by atoms with van der Waals surface area (Å²) in [6.45, 7) is 4.71. The zero-order valence-corrected chi connectivity index (χ0v) is 14.1. The third kappa shape index (κ3) is 15.3. The van der Waals surface area contributed by atoms with E-state index in [1.165, 1.54) is 6.92 Å². The van der Waals surface area contributed by atoms with Crippen molar-refractivity contribution in [2.45, 2.75) is 38.7 Å². The Kier molecular flexibility index (Phi) is 13.2. The van der Waals surface area contributed by atoms with Crippen molar-refractivity contribution in [3.05, 3.63) is 12.2 Å². The molecule has 0 heterocycles. The number of carboxylic acids is 2. The number of carbonyl (C=O) groups excluding carboxylic acids is 1. The average molecular weight is 364 g/mol. The maximum absolute atomic E-state index is 11.4. The number of aliphatic carboxylic acids is 2. The van der Waals surface area contributed by atoms with Crippen molar-refractivity contribution >= 4 is 17.9 Å². The molecule has 0 aliphatic rings. The second-order valence-electron chi connectivity index (χ2n) is 5.02. The summed E-state index contributed by atoms with van der Waals surface area (Å²) >= 11 is 0. The zero-order valence-electron chi connectivity index (χ0n) is 14.1. The van der Waals surface area contributed by atoms with Crippen molar-refractivity contribution in [2.24, 2.45) is 0 Å². The molecule has 0 aliphatic heterocycles. The predicted octanol–water partition coefficient (Wildman–Crippen LogP) is 1.10. The lowest BCUT2D eigenvalue weighted by atomic mass is 10.3. The third-order valence-corrected chi connectivity index (χ3v) is 2.53. The molecule has 0 amide bonds. The summed E-state index contributed by atoms with van der Waals surface area (Å²) in [5, 5.41) is 17.0. The number of ether oxygens (including phenoxy) is 1. The number of hydrogen-bond donors (Lipinski definition) is 2. The largest absolute Gasteiger partial charge is 0.481 e. The summed E-state index contributed by atoms with van der Waals surface area (Å²) in [7, 11) is 0. The van der Waals surface area contributed by atoms with E-state index in [0.717, 1.165) is 0 Å².